The van der Waals surface area contributed by atoms with Crippen LogP contribution in [0.4, 0.5) is 0 Å². The molecule has 2 fully saturated rings. The highest BCUT2D eigenvalue weighted by Gasteiger charge is 2.25. The van der Waals surface area contributed by atoms with E-state index in [4.69, 9.17) is 4.74 Å². The van der Waals surface area contributed by atoms with Gasteiger partial charge in [-0.1, -0.05) is 25.7 Å². The minimum atomic E-state index is 0. The van der Waals surface area contributed by atoms with E-state index in [1.54, 1.807) is 0 Å². The van der Waals surface area contributed by atoms with Gasteiger partial charge in [-0.2, -0.15) is 0 Å². The lowest BCUT2D eigenvalue weighted by Gasteiger charge is -2.26. The second kappa shape index (κ2) is 7.51. The molecule has 0 heterocycles. The zero-order valence-corrected chi connectivity index (χ0v) is 12.3. The highest BCUT2D eigenvalue weighted by Crippen LogP contribution is 2.27. The molecule has 0 aromatic carbocycles. The fourth-order valence-electron chi connectivity index (χ4n) is 2.78. The molecule has 16 heavy (non-hydrogen) atoms. The quantitative estimate of drug-likeness (QED) is 0.561. The molecule has 2 nitrogen and oxygen atoms in total. The SMILES string of the molecule is I.O=C(OC1CCCCC1)C1CCCCC1. The molecule has 0 bridgehead atoms. The van der Waals surface area contributed by atoms with Gasteiger partial charge in [0.25, 0.3) is 0 Å². The molecule has 0 unspecified atom stereocenters. The fourth-order valence-corrected chi connectivity index (χ4v) is 2.78. The van der Waals surface area contributed by atoms with Crippen molar-refractivity contribution in [3.05, 3.63) is 0 Å². The predicted molar refractivity (Wildman–Crippen MR) is 75.0 cm³/mol. The van der Waals surface area contributed by atoms with Crippen molar-refractivity contribution in [1.82, 2.24) is 0 Å². The van der Waals surface area contributed by atoms with Crippen LogP contribution in [0.2, 0.25) is 0 Å². The third kappa shape index (κ3) is 4.22. The first-order valence-corrected chi connectivity index (χ1v) is 6.57. The largest absolute Gasteiger partial charge is 0.462 e. The lowest BCUT2D eigenvalue weighted by atomic mass is 9.89. The number of ether oxygens (including phenoxy) is 1. The van der Waals surface area contributed by atoms with E-state index in [1.165, 1.54) is 38.5 Å². The molecule has 0 aromatic rings. The number of carbonyl (C=O) groups is 1. The van der Waals surface area contributed by atoms with E-state index >= 15 is 0 Å². The van der Waals surface area contributed by atoms with Crippen LogP contribution in [0.3, 0.4) is 0 Å². The molecule has 0 radical (unpaired) electrons. The van der Waals surface area contributed by atoms with Crippen molar-refractivity contribution in [2.24, 2.45) is 5.92 Å². The van der Waals surface area contributed by atoms with Gasteiger partial charge < -0.3 is 4.74 Å². The average Bonchev–Trinajstić information content (AvgIpc) is 2.31. The lowest BCUT2D eigenvalue weighted by molar-refractivity contribution is -0.156. The number of hydrogen-bond donors (Lipinski definition) is 0. The molecule has 0 spiro atoms. The summed E-state index contributed by atoms with van der Waals surface area (Å²) in [6.45, 7) is 0. The molecule has 2 aliphatic carbocycles. The van der Waals surface area contributed by atoms with Gasteiger partial charge in [0, 0.05) is 0 Å². The van der Waals surface area contributed by atoms with Crippen LogP contribution in [0, 0.1) is 5.92 Å². The second-order valence-corrected chi connectivity index (χ2v) is 5.03. The third-order valence-corrected chi connectivity index (χ3v) is 3.77. The van der Waals surface area contributed by atoms with E-state index in [9.17, 15) is 4.79 Å². The van der Waals surface area contributed by atoms with Crippen LogP contribution in [0.15, 0.2) is 0 Å². The Hall–Kier alpha value is 0.200. The van der Waals surface area contributed by atoms with Crippen LogP contribution in [0.25, 0.3) is 0 Å². The molecule has 2 aliphatic rings. The van der Waals surface area contributed by atoms with E-state index in [0.29, 0.717) is 0 Å². The zero-order valence-electron chi connectivity index (χ0n) is 9.95. The maximum atomic E-state index is 11.8. The summed E-state index contributed by atoms with van der Waals surface area (Å²) in [5.74, 6) is 0.322. The number of carbonyl (C=O) groups excluding carboxylic acids is 1. The highest BCUT2D eigenvalue weighted by atomic mass is 127. The van der Waals surface area contributed by atoms with Gasteiger partial charge in [0.1, 0.15) is 6.10 Å². The minimum Gasteiger partial charge on any atom is -0.462 e. The Morgan fingerprint density at radius 1 is 0.812 bits per heavy atom. The first-order chi connectivity index (χ1) is 7.36. The van der Waals surface area contributed by atoms with Gasteiger partial charge in [0.2, 0.25) is 0 Å². The Morgan fingerprint density at radius 3 is 1.88 bits per heavy atom. The molecular weight excluding hydrogens is 315 g/mol. The summed E-state index contributed by atoms with van der Waals surface area (Å²) in [4.78, 5) is 11.8. The molecule has 0 aromatic heterocycles. The van der Waals surface area contributed by atoms with E-state index in [-0.39, 0.29) is 42.0 Å². The number of hydrogen-bond acceptors (Lipinski definition) is 2. The van der Waals surface area contributed by atoms with Crippen LogP contribution >= 0.6 is 24.0 Å². The van der Waals surface area contributed by atoms with Crippen molar-refractivity contribution in [2.45, 2.75) is 70.3 Å². The summed E-state index contributed by atoms with van der Waals surface area (Å²) in [5, 5.41) is 0. The number of halogens is 1. The van der Waals surface area contributed by atoms with Crippen molar-refractivity contribution in [3.63, 3.8) is 0 Å². The standard InChI is InChI=1S/C13H22O2.HI/c14-13(11-7-3-1-4-8-11)15-12-9-5-2-6-10-12;/h11-12H,1-10H2;1H. The van der Waals surface area contributed by atoms with Crippen LogP contribution in [-0.2, 0) is 9.53 Å². The van der Waals surface area contributed by atoms with Gasteiger partial charge in [0.05, 0.1) is 5.92 Å². The van der Waals surface area contributed by atoms with Gasteiger partial charge in [0.15, 0.2) is 0 Å². The maximum absolute atomic E-state index is 11.8. The van der Waals surface area contributed by atoms with Crippen LogP contribution in [-0.4, -0.2) is 12.1 Å². The van der Waals surface area contributed by atoms with Gasteiger partial charge in [-0.15, -0.1) is 24.0 Å². The van der Waals surface area contributed by atoms with E-state index in [1.807, 2.05) is 0 Å². The van der Waals surface area contributed by atoms with Crippen molar-refractivity contribution in [3.8, 4) is 0 Å². The lowest BCUT2D eigenvalue weighted by Crippen LogP contribution is -2.27. The number of esters is 1. The minimum absolute atomic E-state index is 0. The first kappa shape index (κ1) is 14.3. The Bertz CT molecular complexity index is 206. The molecule has 0 saturated heterocycles. The molecule has 94 valence electrons. The molecule has 0 N–H and O–H groups in total. The van der Waals surface area contributed by atoms with Gasteiger partial charge in [-0.3, -0.25) is 4.79 Å². The van der Waals surface area contributed by atoms with E-state index < -0.39 is 0 Å². The van der Waals surface area contributed by atoms with E-state index in [0.717, 1.165) is 25.7 Å². The highest BCUT2D eigenvalue weighted by molar-refractivity contribution is 14.0. The van der Waals surface area contributed by atoms with Gasteiger partial charge >= 0.3 is 5.97 Å². The van der Waals surface area contributed by atoms with Gasteiger partial charge in [-0.05, 0) is 38.5 Å². The van der Waals surface area contributed by atoms with Crippen molar-refractivity contribution in [1.29, 1.82) is 0 Å². The molecular formula is C13H23IO2. The van der Waals surface area contributed by atoms with Crippen molar-refractivity contribution in [2.75, 3.05) is 0 Å². The van der Waals surface area contributed by atoms with Crippen LogP contribution in [0.5, 0.6) is 0 Å². The fraction of sp³-hybridized carbons (Fsp3) is 0.923. The zero-order chi connectivity index (χ0) is 10.5. The molecule has 2 saturated carbocycles. The summed E-state index contributed by atoms with van der Waals surface area (Å²) >= 11 is 0. The molecule has 2 rings (SSSR count). The third-order valence-electron chi connectivity index (χ3n) is 3.77. The summed E-state index contributed by atoms with van der Waals surface area (Å²) in [6, 6.07) is 0. The smallest absolute Gasteiger partial charge is 0.309 e. The Balaban J connectivity index is 0.00000128. The molecule has 0 amide bonds. The van der Waals surface area contributed by atoms with Crippen LogP contribution in [0.1, 0.15) is 64.2 Å². The van der Waals surface area contributed by atoms with E-state index in [2.05, 4.69) is 0 Å². The summed E-state index contributed by atoms with van der Waals surface area (Å²) in [5.41, 5.74) is 0. The Kier molecular flexibility index (Phi) is 6.70. The van der Waals surface area contributed by atoms with Crippen molar-refractivity contribution >= 4 is 29.9 Å². The normalized spacial score (nSPS) is 23.5. The second-order valence-electron chi connectivity index (χ2n) is 5.03. The van der Waals surface area contributed by atoms with Crippen molar-refractivity contribution < 1.29 is 9.53 Å². The molecule has 3 heteroatoms. The Labute approximate surface area is 116 Å². The van der Waals surface area contributed by atoms with Gasteiger partial charge in [-0.25, -0.2) is 0 Å². The topological polar surface area (TPSA) is 26.3 Å². The van der Waals surface area contributed by atoms with Crippen LogP contribution < -0.4 is 0 Å². The average molecular weight is 338 g/mol. The summed E-state index contributed by atoms with van der Waals surface area (Å²) < 4.78 is 5.59. The monoisotopic (exact) mass is 338 g/mol. The predicted octanol–water partition coefficient (Wildman–Crippen LogP) is 4.06. The molecule has 0 atom stereocenters. The summed E-state index contributed by atoms with van der Waals surface area (Å²) in [7, 11) is 0. The Morgan fingerprint density at radius 2 is 1.31 bits per heavy atom. The first-order valence-electron chi connectivity index (χ1n) is 6.57. The molecule has 0 aliphatic heterocycles. The maximum Gasteiger partial charge on any atom is 0.309 e. The number of rotatable bonds is 2. The summed E-state index contributed by atoms with van der Waals surface area (Å²) in [6.07, 6.45) is 12.1.